The number of benzene rings is 2. The number of carbonyl (C=O) groups excluding carboxylic acids is 1. The van der Waals surface area contributed by atoms with Gasteiger partial charge in [-0.15, -0.1) is 0 Å². The van der Waals surface area contributed by atoms with E-state index >= 15 is 0 Å². The summed E-state index contributed by atoms with van der Waals surface area (Å²) in [4.78, 5) is 16.6. The molecule has 2 aromatic heterocycles. The largest absolute Gasteiger partial charge is 0.489 e. The molecule has 1 saturated heterocycles. The minimum Gasteiger partial charge on any atom is -0.489 e. The molecule has 3 heterocycles. The van der Waals surface area contributed by atoms with Crippen molar-refractivity contribution in [1.29, 1.82) is 0 Å². The molecule has 0 saturated carbocycles. The number of pyridine rings is 1. The molecule has 0 aliphatic carbocycles. The Labute approximate surface area is 188 Å². The monoisotopic (exact) mass is 453 g/mol. The maximum atomic E-state index is 14.4. The van der Waals surface area contributed by atoms with Gasteiger partial charge in [-0.3, -0.25) is 9.20 Å². The molecule has 1 fully saturated rings. The number of primary amides is 1. The first-order valence-corrected chi connectivity index (χ1v) is 10.7. The van der Waals surface area contributed by atoms with Gasteiger partial charge in [0, 0.05) is 43.1 Å². The van der Waals surface area contributed by atoms with Crippen molar-refractivity contribution in [2.45, 2.75) is 24.9 Å². The van der Waals surface area contributed by atoms with Crippen LogP contribution >= 0.6 is 11.6 Å². The second-order valence-electron chi connectivity index (χ2n) is 8.02. The van der Waals surface area contributed by atoms with Crippen LogP contribution in [0.15, 0.2) is 54.9 Å². The van der Waals surface area contributed by atoms with Gasteiger partial charge in [-0.2, -0.15) is 0 Å². The summed E-state index contributed by atoms with van der Waals surface area (Å²) in [6, 6.07) is 12.0. The molecule has 1 aliphatic rings. The first-order valence-electron chi connectivity index (χ1n) is 10.3. The molecule has 4 aromatic rings. The normalized spacial score (nSPS) is 15.8. The van der Waals surface area contributed by atoms with Crippen LogP contribution in [0.2, 0.25) is 5.02 Å². The van der Waals surface area contributed by atoms with Crippen molar-refractivity contribution in [2.75, 3.05) is 13.2 Å². The number of hydrogen-bond donors (Lipinski definition) is 1. The average Bonchev–Trinajstić information content (AvgIpc) is 3.26. The van der Waals surface area contributed by atoms with Crippen molar-refractivity contribution in [3.05, 3.63) is 76.8 Å². The summed E-state index contributed by atoms with van der Waals surface area (Å²) in [5, 5.41) is 1.52. The number of halogens is 2. The molecule has 1 amide bonds. The number of imidazole rings is 1. The zero-order valence-electron chi connectivity index (χ0n) is 17.2. The minimum atomic E-state index is -0.953. The van der Waals surface area contributed by atoms with E-state index in [1.165, 1.54) is 12.1 Å². The summed E-state index contributed by atoms with van der Waals surface area (Å²) < 4.78 is 27.7. The van der Waals surface area contributed by atoms with Gasteiger partial charge in [0.1, 0.15) is 23.8 Å². The molecule has 5 rings (SSSR count). The van der Waals surface area contributed by atoms with E-state index in [4.69, 9.17) is 26.8 Å². The highest BCUT2D eigenvalue weighted by atomic mass is 35.5. The minimum absolute atomic E-state index is 0.216. The van der Waals surface area contributed by atoms with E-state index in [0.717, 1.165) is 22.1 Å². The summed E-state index contributed by atoms with van der Waals surface area (Å²) in [6.07, 6.45) is 4.41. The van der Waals surface area contributed by atoms with Crippen molar-refractivity contribution < 1.29 is 18.7 Å². The Balaban J connectivity index is 1.45. The summed E-state index contributed by atoms with van der Waals surface area (Å²) in [6.45, 7) is 1.02. The fraction of sp³-hybridized carbons (Fsp3) is 0.250. The molecule has 0 radical (unpaired) electrons. The average molecular weight is 454 g/mol. The summed E-state index contributed by atoms with van der Waals surface area (Å²) in [5.74, 6) is -0.616. The zero-order valence-corrected chi connectivity index (χ0v) is 17.9. The quantitative estimate of drug-likeness (QED) is 0.486. The van der Waals surface area contributed by atoms with Crippen molar-refractivity contribution in [3.8, 4) is 5.75 Å². The van der Waals surface area contributed by atoms with Crippen LogP contribution in [0.1, 0.15) is 24.0 Å². The van der Waals surface area contributed by atoms with Gasteiger partial charge in [0.2, 0.25) is 5.91 Å². The smallest absolute Gasteiger partial charge is 0.228 e. The molecule has 8 heteroatoms. The van der Waals surface area contributed by atoms with Crippen LogP contribution in [0.4, 0.5) is 4.39 Å². The predicted molar refractivity (Wildman–Crippen MR) is 119 cm³/mol. The van der Waals surface area contributed by atoms with Gasteiger partial charge in [-0.25, -0.2) is 9.37 Å². The van der Waals surface area contributed by atoms with E-state index in [0.29, 0.717) is 42.4 Å². The van der Waals surface area contributed by atoms with Gasteiger partial charge in [-0.1, -0.05) is 23.7 Å². The topological polar surface area (TPSA) is 78.9 Å². The third-order valence-electron chi connectivity index (χ3n) is 6.15. The van der Waals surface area contributed by atoms with Crippen LogP contribution in [0.5, 0.6) is 5.75 Å². The number of nitrogens with zero attached hydrogens (tertiary/aromatic N) is 2. The third kappa shape index (κ3) is 3.57. The first-order chi connectivity index (χ1) is 15.5. The van der Waals surface area contributed by atoms with Gasteiger partial charge in [0.25, 0.3) is 0 Å². The van der Waals surface area contributed by atoms with E-state index in [1.54, 1.807) is 12.3 Å². The highest BCUT2D eigenvalue weighted by Crippen LogP contribution is 2.37. The van der Waals surface area contributed by atoms with Crippen LogP contribution in [0, 0.1) is 5.82 Å². The lowest BCUT2D eigenvalue weighted by atomic mass is 9.73. The van der Waals surface area contributed by atoms with Gasteiger partial charge in [0.15, 0.2) is 0 Å². The highest BCUT2D eigenvalue weighted by Gasteiger charge is 2.40. The zero-order chi connectivity index (χ0) is 22.3. The van der Waals surface area contributed by atoms with Crippen LogP contribution < -0.4 is 10.5 Å². The van der Waals surface area contributed by atoms with Crippen LogP contribution in [0.25, 0.3) is 16.6 Å². The van der Waals surface area contributed by atoms with Crippen LogP contribution in [-0.4, -0.2) is 28.5 Å². The Bertz CT molecular complexity index is 1330. The van der Waals surface area contributed by atoms with Crippen molar-refractivity contribution in [2.24, 2.45) is 5.73 Å². The van der Waals surface area contributed by atoms with Crippen molar-refractivity contribution in [3.63, 3.8) is 0 Å². The molecule has 0 unspecified atom stereocenters. The first kappa shape index (κ1) is 20.7. The van der Waals surface area contributed by atoms with Gasteiger partial charge in [-0.05, 0) is 42.2 Å². The molecule has 1 aliphatic heterocycles. The van der Waals surface area contributed by atoms with Crippen LogP contribution in [-0.2, 0) is 21.6 Å². The number of amides is 1. The maximum absolute atomic E-state index is 14.4. The molecule has 32 heavy (non-hydrogen) atoms. The third-order valence-corrected chi connectivity index (χ3v) is 6.46. The van der Waals surface area contributed by atoms with E-state index < -0.39 is 17.1 Å². The number of fused-ring (bicyclic) bond motifs is 3. The fourth-order valence-electron chi connectivity index (χ4n) is 4.37. The lowest BCUT2D eigenvalue weighted by Crippen LogP contribution is -2.45. The van der Waals surface area contributed by atoms with Gasteiger partial charge < -0.3 is 15.2 Å². The fourth-order valence-corrected chi connectivity index (χ4v) is 4.63. The Hall–Kier alpha value is -3.16. The molecule has 2 N–H and O–H groups in total. The Morgan fingerprint density at radius 3 is 2.81 bits per heavy atom. The second-order valence-corrected chi connectivity index (χ2v) is 8.43. The molecular formula is C24H21ClFN3O3. The Kier molecular flexibility index (Phi) is 5.23. The molecule has 0 atom stereocenters. The molecule has 2 aromatic carbocycles. The van der Waals surface area contributed by atoms with E-state index in [1.807, 2.05) is 34.9 Å². The highest BCUT2D eigenvalue weighted by molar-refractivity contribution is 6.35. The number of rotatable bonds is 5. The number of nitrogens with two attached hydrogens (primary N) is 1. The molecule has 0 bridgehead atoms. The van der Waals surface area contributed by atoms with Gasteiger partial charge >= 0.3 is 0 Å². The van der Waals surface area contributed by atoms with E-state index in [2.05, 4.69) is 4.98 Å². The lowest BCUT2D eigenvalue weighted by molar-refractivity contribution is -0.127. The summed E-state index contributed by atoms with van der Waals surface area (Å²) in [7, 11) is 0. The Morgan fingerprint density at radius 2 is 2.03 bits per heavy atom. The van der Waals surface area contributed by atoms with Gasteiger partial charge in [0.05, 0.1) is 16.0 Å². The maximum Gasteiger partial charge on any atom is 0.228 e. The summed E-state index contributed by atoms with van der Waals surface area (Å²) >= 11 is 6.39. The summed E-state index contributed by atoms with van der Waals surface area (Å²) in [5.41, 5.74) is 7.84. The van der Waals surface area contributed by atoms with E-state index in [9.17, 15) is 9.18 Å². The van der Waals surface area contributed by atoms with Crippen molar-refractivity contribution in [1.82, 2.24) is 9.38 Å². The van der Waals surface area contributed by atoms with Crippen LogP contribution in [0.3, 0.4) is 0 Å². The number of ether oxygens (including phenoxy) is 2. The molecule has 6 nitrogen and oxygen atoms in total. The molecule has 0 spiro atoms. The number of carbonyl (C=O) groups is 1. The van der Waals surface area contributed by atoms with Crippen molar-refractivity contribution >= 4 is 34.1 Å². The number of aromatic nitrogens is 2. The standard InChI is InChI=1S/C24H21ClFN3O3/c25-20-13-22-28-5-6-29(22)21-9-15(1-2-19(20)21)14-32-18-11-16(10-17(26)12-18)24(23(27)30)3-7-31-8-4-24/h1-2,5-6,9-13H,3-4,7-8,14H2,(H2,27,30). The molecular weight excluding hydrogens is 433 g/mol. The van der Waals surface area contributed by atoms with E-state index in [-0.39, 0.29) is 6.61 Å². The Morgan fingerprint density at radius 1 is 1.22 bits per heavy atom. The predicted octanol–water partition coefficient (Wildman–Crippen LogP) is 4.39. The SMILES string of the molecule is NC(=O)C1(c2cc(F)cc(OCc3ccc4c(Cl)cc5nccn5c4c3)c2)CCOCC1. The number of hydrogen-bond acceptors (Lipinski definition) is 4. The lowest BCUT2D eigenvalue weighted by Gasteiger charge is -2.34. The second kappa shape index (κ2) is 8.07. The molecule has 164 valence electrons.